The third kappa shape index (κ3) is 3.28. The zero-order chi connectivity index (χ0) is 37.4. The van der Waals surface area contributed by atoms with Crippen LogP contribution in [0.1, 0.15) is 43.4 Å². The van der Waals surface area contributed by atoms with E-state index in [1.807, 2.05) is 36.4 Å². The lowest BCUT2D eigenvalue weighted by atomic mass is 9.51. The number of carboxylic acid groups (broad SMARTS) is 1. The zero-order valence-electron chi connectivity index (χ0n) is 28.7. The molecule has 53 heavy (non-hydrogen) atoms. The Morgan fingerprint density at radius 3 is 2.06 bits per heavy atom. The first-order valence-electron chi connectivity index (χ1n) is 17.1. The van der Waals surface area contributed by atoms with E-state index in [-0.39, 0.29) is 12.3 Å². The number of piperazine rings is 2. The van der Waals surface area contributed by atoms with Crippen molar-refractivity contribution in [1.82, 2.24) is 19.6 Å². The Labute approximate surface area is 318 Å². The van der Waals surface area contributed by atoms with Crippen LogP contribution < -0.4 is 5.32 Å². The summed E-state index contributed by atoms with van der Waals surface area (Å²) in [7, 11) is 7.73. The minimum atomic E-state index is -1.90. The molecule has 1 aliphatic carbocycles. The number of nitrogens with zero attached hydrogens (tertiary/aromatic N) is 4. The lowest BCUT2D eigenvalue weighted by Gasteiger charge is -2.58. The molecule has 8 fully saturated rings. The summed E-state index contributed by atoms with van der Waals surface area (Å²) in [4.78, 5) is 85.1. The molecule has 8 saturated heterocycles. The van der Waals surface area contributed by atoms with E-state index in [0.717, 1.165) is 27.2 Å². The molecule has 0 aromatic heterocycles. The van der Waals surface area contributed by atoms with Crippen molar-refractivity contribution in [2.24, 2.45) is 0 Å². The summed E-state index contributed by atoms with van der Waals surface area (Å²) in [5.41, 5.74) is -0.900. The highest BCUT2D eigenvalue weighted by Gasteiger charge is 2.93. The number of likely N-dealkylation sites (N-methyl/N-ethyl adjacent to an activating group) is 2. The molecule has 0 saturated carbocycles. The van der Waals surface area contributed by atoms with Crippen molar-refractivity contribution in [2.45, 2.75) is 87.8 Å². The van der Waals surface area contributed by atoms with Crippen LogP contribution in [0.15, 0.2) is 48.5 Å². The number of benzene rings is 2. The summed E-state index contributed by atoms with van der Waals surface area (Å²) in [6, 6.07) is 13.8. The maximum atomic E-state index is 15.1. The van der Waals surface area contributed by atoms with Crippen molar-refractivity contribution in [3.63, 3.8) is 0 Å². The minimum Gasteiger partial charge on any atom is -0.481 e. The molecular formula is C35H33N5O9S4. The van der Waals surface area contributed by atoms with Crippen LogP contribution in [0.3, 0.4) is 0 Å². The second-order valence-corrected chi connectivity index (χ2v) is 20.6. The number of amides is 4. The quantitative estimate of drug-likeness (QED) is 0.296. The molecule has 2 aromatic rings. The van der Waals surface area contributed by atoms with E-state index in [1.54, 1.807) is 37.9 Å². The van der Waals surface area contributed by atoms with Gasteiger partial charge in [-0.1, -0.05) is 64.1 Å². The van der Waals surface area contributed by atoms with Crippen molar-refractivity contribution in [1.29, 1.82) is 0 Å². The van der Waals surface area contributed by atoms with Crippen molar-refractivity contribution in [3.05, 3.63) is 65.2 Å². The summed E-state index contributed by atoms with van der Waals surface area (Å²) in [6.45, 7) is 3.36. The fourth-order valence-corrected chi connectivity index (χ4v) is 17.9. The van der Waals surface area contributed by atoms with Crippen LogP contribution in [0.5, 0.6) is 0 Å². The number of aliphatic hydroxyl groups excluding tert-OH is 1. The number of anilines is 1. The standard InChI is InChI=1S/C35H33N5O9S4/c1-30-26(45)39-20-15-16-9-5-6-10-17(16)32(20,23(44)34(39,52-50-30)28(47)37(30)3)33-18-11-7-8-12-19(18)36-25(33)40-27(46)31(2)38(4)29(48)35(40,53-51-31)24(33)49-22(43)14-13-21(41)42/h5-12,20,23-25,36,44H,13-15H2,1-4H3,(H,41,42)/t20-,23-,24-,25+,30-,31-,32-,33+,34-,35-/m0/s1. The first-order valence-corrected chi connectivity index (χ1v) is 21.4. The summed E-state index contributed by atoms with van der Waals surface area (Å²) in [5.74, 6) is -3.86. The average Bonchev–Trinajstić information content (AvgIpc) is 3.79. The molecule has 0 unspecified atom stereocenters. The zero-order valence-corrected chi connectivity index (χ0v) is 32.0. The molecule has 4 amide bonds. The van der Waals surface area contributed by atoms with Gasteiger partial charge >= 0.3 is 11.9 Å². The van der Waals surface area contributed by atoms with Crippen molar-refractivity contribution >= 4 is 84.4 Å². The van der Waals surface area contributed by atoms with Gasteiger partial charge in [0.15, 0.2) is 15.8 Å². The van der Waals surface area contributed by atoms with Crippen LogP contribution in [0, 0.1) is 0 Å². The highest BCUT2D eigenvalue weighted by atomic mass is 33.1. The average molecular weight is 796 g/mol. The number of ether oxygens (including phenoxy) is 1. The molecule has 0 radical (unpaired) electrons. The van der Waals surface area contributed by atoms with Crippen LogP contribution in [-0.4, -0.2) is 123 Å². The summed E-state index contributed by atoms with van der Waals surface area (Å²) in [5, 5.41) is 26.7. The molecule has 9 aliphatic heterocycles. The third-order valence-electron chi connectivity index (χ3n) is 13.2. The highest BCUT2D eigenvalue weighted by Crippen LogP contribution is 2.79. The van der Waals surface area contributed by atoms with Gasteiger partial charge in [0.1, 0.15) is 12.3 Å². The van der Waals surface area contributed by atoms with Gasteiger partial charge in [0.05, 0.1) is 29.7 Å². The number of aliphatic carboxylic acids is 1. The Kier molecular flexibility index (Phi) is 6.52. The summed E-state index contributed by atoms with van der Waals surface area (Å²) < 4.78 is 6.59. The van der Waals surface area contributed by atoms with Crippen LogP contribution in [0.2, 0.25) is 0 Å². The normalized spacial score (nSPS) is 42.3. The van der Waals surface area contributed by atoms with Crippen LogP contribution >= 0.6 is 43.2 Å². The van der Waals surface area contributed by atoms with E-state index in [1.165, 1.54) is 43.3 Å². The molecule has 10 atom stereocenters. The Morgan fingerprint density at radius 2 is 1.38 bits per heavy atom. The third-order valence-corrected chi connectivity index (χ3v) is 20.6. The van der Waals surface area contributed by atoms with E-state index in [9.17, 15) is 29.4 Å². The number of hydrogen-bond donors (Lipinski definition) is 3. The second-order valence-electron chi connectivity index (χ2n) is 15.1. The highest BCUT2D eigenvalue weighted by molar-refractivity contribution is 8.78. The van der Waals surface area contributed by atoms with Gasteiger partial charge < -0.3 is 35.0 Å². The second kappa shape index (κ2) is 10.2. The number of aliphatic hydroxyl groups is 1. The number of esters is 1. The van der Waals surface area contributed by atoms with E-state index >= 15 is 9.59 Å². The Hall–Kier alpha value is -3.58. The maximum Gasteiger partial charge on any atom is 0.306 e. The van der Waals surface area contributed by atoms with Crippen molar-refractivity contribution in [2.75, 3.05) is 19.4 Å². The number of fused-ring (bicyclic) bond motifs is 11. The summed E-state index contributed by atoms with van der Waals surface area (Å²) >= 11 is 0. The fourth-order valence-electron chi connectivity index (χ4n) is 10.8. The van der Waals surface area contributed by atoms with Crippen LogP contribution in [0.25, 0.3) is 0 Å². The fraction of sp³-hybridized carbons (Fsp3) is 0.486. The molecule has 9 heterocycles. The van der Waals surface area contributed by atoms with Gasteiger partial charge in [-0.3, -0.25) is 33.7 Å². The molecule has 18 heteroatoms. The van der Waals surface area contributed by atoms with Crippen molar-refractivity contribution < 1.29 is 43.7 Å². The number of rotatable bonds is 5. The summed E-state index contributed by atoms with van der Waals surface area (Å²) in [6.07, 6.45) is -5.19. The SMILES string of the molecule is CN1C(=O)[C@]23SS[C@@]1(C)C(=O)N2[C@H]1Cc2ccccc2[C@@]1([C@@]12c4ccccc4N[C@@H]1N1C(=O)[C@]4(C)SS[C@]1(C(=O)N4C)[C@H]2OC(=O)CCC(=O)O)[C@@H]3O. The van der Waals surface area contributed by atoms with Gasteiger partial charge in [-0.05, 0) is 64.6 Å². The minimum absolute atomic E-state index is 0.226. The molecule has 3 N–H and O–H groups in total. The van der Waals surface area contributed by atoms with E-state index in [4.69, 9.17) is 4.74 Å². The van der Waals surface area contributed by atoms with E-state index < -0.39 is 97.2 Å². The first-order chi connectivity index (χ1) is 25.1. The van der Waals surface area contributed by atoms with Gasteiger partial charge in [-0.2, -0.15) is 0 Å². The monoisotopic (exact) mass is 795 g/mol. The number of para-hydroxylation sites is 1. The molecule has 4 bridgehead atoms. The number of carbonyl (C=O) groups is 6. The molecule has 12 rings (SSSR count). The number of hydrogen-bond acceptors (Lipinski definition) is 13. The Bertz CT molecular complexity index is 2160. The molecule has 276 valence electrons. The topological polar surface area (TPSA) is 177 Å². The number of carbonyl (C=O) groups excluding carboxylic acids is 5. The van der Waals surface area contributed by atoms with Gasteiger partial charge in [-0.25, -0.2) is 0 Å². The molecule has 14 nitrogen and oxygen atoms in total. The smallest absolute Gasteiger partial charge is 0.306 e. The molecule has 2 spiro atoms. The number of nitrogens with one attached hydrogen (secondary N) is 1. The van der Waals surface area contributed by atoms with E-state index in [2.05, 4.69) is 5.32 Å². The van der Waals surface area contributed by atoms with Gasteiger partial charge in [0, 0.05) is 19.8 Å². The lowest BCUT2D eigenvalue weighted by Crippen LogP contribution is -2.77. The molecule has 10 aliphatic rings. The largest absolute Gasteiger partial charge is 0.481 e. The molecule has 2 aromatic carbocycles. The van der Waals surface area contributed by atoms with Crippen molar-refractivity contribution in [3.8, 4) is 0 Å². The Morgan fingerprint density at radius 1 is 0.792 bits per heavy atom. The van der Waals surface area contributed by atoms with Gasteiger partial charge in [-0.15, -0.1) is 0 Å². The van der Waals surface area contributed by atoms with Crippen LogP contribution in [0.4, 0.5) is 5.69 Å². The van der Waals surface area contributed by atoms with Gasteiger partial charge in [0.25, 0.3) is 23.6 Å². The predicted molar refractivity (Wildman–Crippen MR) is 196 cm³/mol. The first kappa shape index (κ1) is 33.9. The number of carboxylic acids is 1. The maximum absolute atomic E-state index is 15.1. The Balaban J connectivity index is 1.34. The van der Waals surface area contributed by atoms with E-state index in [0.29, 0.717) is 16.8 Å². The van der Waals surface area contributed by atoms with Crippen LogP contribution in [-0.2, 0) is 50.8 Å². The molecular weight excluding hydrogens is 763 g/mol. The lowest BCUT2D eigenvalue weighted by molar-refractivity contribution is -0.173. The predicted octanol–water partition coefficient (Wildman–Crippen LogP) is 1.92. The van der Waals surface area contributed by atoms with Gasteiger partial charge in [0.2, 0.25) is 9.74 Å².